The van der Waals surface area contributed by atoms with E-state index in [-0.39, 0.29) is 6.10 Å². The first kappa shape index (κ1) is 15.9. The SMILES string of the molecule is c1csc(-c2cc3c(c(OC4CCc5ccccc54)c2)OCCNC3)c1. The third-order valence-corrected chi connectivity index (χ3v) is 6.04. The average molecular weight is 363 g/mol. The van der Waals surface area contributed by atoms with Crippen molar-refractivity contribution in [3.05, 3.63) is 70.6 Å². The monoisotopic (exact) mass is 363 g/mol. The summed E-state index contributed by atoms with van der Waals surface area (Å²) in [6, 6.07) is 17.2. The van der Waals surface area contributed by atoms with Gasteiger partial charge >= 0.3 is 0 Å². The maximum absolute atomic E-state index is 6.55. The Hall–Kier alpha value is -2.30. The van der Waals surface area contributed by atoms with E-state index >= 15 is 0 Å². The molecule has 0 saturated heterocycles. The summed E-state index contributed by atoms with van der Waals surface area (Å²) < 4.78 is 12.6. The van der Waals surface area contributed by atoms with Gasteiger partial charge in [0, 0.05) is 23.5 Å². The summed E-state index contributed by atoms with van der Waals surface area (Å²) in [4.78, 5) is 1.26. The zero-order valence-corrected chi connectivity index (χ0v) is 15.4. The number of aryl methyl sites for hydroxylation is 1. The molecule has 0 radical (unpaired) electrons. The average Bonchev–Trinajstić information content (AvgIpc) is 3.28. The number of fused-ring (bicyclic) bond motifs is 2. The molecule has 3 aromatic rings. The Morgan fingerprint density at radius 3 is 2.96 bits per heavy atom. The van der Waals surface area contributed by atoms with Crippen molar-refractivity contribution in [2.24, 2.45) is 0 Å². The van der Waals surface area contributed by atoms with E-state index in [1.165, 1.54) is 27.1 Å². The van der Waals surface area contributed by atoms with Crippen LogP contribution in [0.25, 0.3) is 10.4 Å². The van der Waals surface area contributed by atoms with Crippen molar-refractivity contribution in [1.82, 2.24) is 5.32 Å². The summed E-state index contributed by atoms with van der Waals surface area (Å²) in [6.45, 7) is 2.34. The molecule has 1 aromatic heterocycles. The summed E-state index contributed by atoms with van der Waals surface area (Å²) in [5.74, 6) is 1.77. The summed E-state index contributed by atoms with van der Waals surface area (Å²) in [6.07, 6.45) is 2.21. The Morgan fingerprint density at radius 2 is 2.04 bits per heavy atom. The fraction of sp³-hybridized carbons (Fsp3) is 0.273. The number of ether oxygens (including phenoxy) is 2. The van der Waals surface area contributed by atoms with Gasteiger partial charge in [-0.15, -0.1) is 11.3 Å². The topological polar surface area (TPSA) is 30.5 Å². The third-order valence-electron chi connectivity index (χ3n) is 5.13. The number of nitrogens with one attached hydrogen (secondary N) is 1. The molecule has 3 nitrogen and oxygen atoms in total. The van der Waals surface area contributed by atoms with Crippen LogP contribution in [0.2, 0.25) is 0 Å². The largest absolute Gasteiger partial charge is 0.488 e. The van der Waals surface area contributed by atoms with Crippen LogP contribution in [0.15, 0.2) is 53.9 Å². The maximum atomic E-state index is 6.55. The number of thiophene rings is 1. The molecule has 0 saturated carbocycles. The second kappa shape index (κ2) is 6.78. The van der Waals surface area contributed by atoms with E-state index in [1.54, 1.807) is 11.3 Å². The Balaban J connectivity index is 1.56. The predicted molar refractivity (Wildman–Crippen MR) is 105 cm³/mol. The molecule has 2 aromatic carbocycles. The maximum Gasteiger partial charge on any atom is 0.165 e. The Labute approximate surface area is 157 Å². The molecule has 1 N–H and O–H groups in total. The molecule has 0 spiro atoms. The minimum absolute atomic E-state index is 0.105. The van der Waals surface area contributed by atoms with Crippen molar-refractivity contribution in [2.45, 2.75) is 25.5 Å². The molecule has 1 unspecified atom stereocenters. The quantitative estimate of drug-likeness (QED) is 0.713. The predicted octanol–water partition coefficient (Wildman–Crippen LogP) is 4.96. The summed E-state index contributed by atoms with van der Waals surface area (Å²) in [7, 11) is 0. The van der Waals surface area contributed by atoms with Crippen LogP contribution < -0.4 is 14.8 Å². The van der Waals surface area contributed by atoms with Crippen LogP contribution in [-0.4, -0.2) is 13.2 Å². The lowest BCUT2D eigenvalue weighted by molar-refractivity contribution is 0.194. The fourth-order valence-electron chi connectivity index (χ4n) is 3.87. The highest BCUT2D eigenvalue weighted by atomic mass is 32.1. The molecule has 2 heterocycles. The van der Waals surface area contributed by atoms with Gasteiger partial charge in [-0.1, -0.05) is 30.3 Å². The minimum atomic E-state index is 0.105. The van der Waals surface area contributed by atoms with E-state index in [2.05, 4.69) is 59.2 Å². The standard InChI is InChI=1S/C22H21NO2S/c1-2-5-18-15(4-1)7-8-19(18)25-20-13-16(21-6-3-11-26-21)12-17-14-23-9-10-24-22(17)20/h1-6,11-13,19,23H,7-10,14H2. The van der Waals surface area contributed by atoms with Gasteiger partial charge in [-0.2, -0.15) is 0 Å². The molecule has 1 aliphatic heterocycles. The fourth-order valence-corrected chi connectivity index (χ4v) is 4.58. The van der Waals surface area contributed by atoms with Gasteiger partial charge < -0.3 is 14.8 Å². The molecular weight excluding hydrogens is 342 g/mol. The van der Waals surface area contributed by atoms with Crippen LogP contribution in [0.4, 0.5) is 0 Å². The molecule has 2 aliphatic rings. The van der Waals surface area contributed by atoms with Crippen molar-refractivity contribution in [1.29, 1.82) is 0 Å². The van der Waals surface area contributed by atoms with E-state index in [0.717, 1.165) is 37.4 Å². The lowest BCUT2D eigenvalue weighted by atomic mass is 10.1. The molecule has 1 aliphatic carbocycles. The van der Waals surface area contributed by atoms with Crippen LogP contribution in [0.3, 0.4) is 0 Å². The highest BCUT2D eigenvalue weighted by Crippen LogP contribution is 2.43. The zero-order chi connectivity index (χ0) is 17.3. The van der Waals surface area contributed by atoms with Gasteiger partial charge in [0.05, 0.1) is 0 Å². The summed E-state index contributed by atoms with van der Waals surface area (Å²) in [5, 5.41) is 5.55. The Morgan fingerprint density at radius 1 is 1.08 bits per heavy atom. The molecule has 4 heteroatoms. The third kappa shape index (κ3) is 2.89. The van der Waals surface area contributed by atoms with Crippen LogP contribution in [0.5, 0.6) is 11.5 Å². The molecule has 5 rings (SSSR count). The summed E-state index contributed by atoms with van der Waals surface area (Å²) in [5.41, 5.74) is 5.09. The highest BCUT2D eigenvalue weighted by molar-refractivity contribution is 7.13. The van der Waals surface area contributed by atoms with Gasteiger partial charge in [-0.25, -0.2) is 0 Å². The van der Waals surface area contributed by atoms with E-state index < -0.39 is 0 Å². The van der Waals surface area contributed by atoms with Gasteiger partial charge in [0.2, 0.25) is 0 Å². The van der Waals surface area contributed by atoms with Crippen molar-refractivity contribution < 1.29 is 9.47 Å². The number of hydrogen-bond acceptors (Lipinski definition) is 4. The Kier molecular flexibility index (Phi) is 4.15. The van der Waals surface area contributed by atoms with Crippen molar-refractivity contribution >= 4 is 11.3 Å². The smallest absolute Gasteiger partial charge is 0.165 e. The second-order valence-electron chi connectivity index (χ2n) is 6.81. The van der Waals surface area contributed by atoms with Crippen LogP contribution in [-0.2, 0) is 13.0 Å². The first-order chi connectivity index (χ1) is 12.9. The van der Waals surface area contributed by atoms with Gasteiger partial charge in [0.25, 0.3) is 0 Å². The zero-order valence-electron chi connectivity index (χ0n) is 14.5. The van der Waals surface area contributed by atoms with E-state index in [4.69, 9.17) is 9.47 Å². The van der Waals surface area contributed by atoms with Gasteiger partial charge in [-0.3, -0.25) is 0 Å². The van der Waals surface area contributed by atoms with Crippen molar-refractivity contribution in [2.75, 3.05) is 13.2 Å². The number of benzene rings is 2. The van der Waals surface area contributed by atoms with E-state index in [0.29, 0.717) is 6.61 Å². The highest BCUT2D eigenvalue weighted by Gasteiger charge is 2.26. The van der Waals surface area contributed by atoms with Crippen molar-refractivity contribution in [3.8, 4) is 21.9 Å². The number of rotatable bonds is 3. The van der Waals surface area contributed by atoms with E-state index in [9.17, 15) is 0 Å². The van der Waals surface area contributed by atoms with Gasteiger partial charge in [-0.05, 0) is 53.1 Å². The molecule has 0 fully saturated rings. The summed E-state index contributed by atoms with van der Waals surface area (Å²) >= 11 is 1.76. The molecule has 132 valence electrons. The van der Waals surface area contributed by atoms with Gasteiger partial charge in [0.15, 0.2) is 11.5 Å². The second-order valence-corrected chi connectivity index (χ2v) is 7.76. The molecule has 26 heavy (non-hydrogen) atoms. The van der Waals surface area contributed by atoms with Crippen LogP contribution >= 0.6 is 11.3 Å². The minimum Gasteiger partial charge on any atom is -0.488 e. The molecule has 1 atom stereocenters. The first-order valence-electron chi connectivity index (χ1n) is 9.17. The molecule has 0 bridgehead atoms. The van der Waals surface area contributed by atoms with Crippen LogP contribution in [0, 0.1) is 0 Å². The van der Waals surface area contributed by atoms with Gasteiger partial charge in [0.1, 0.15) is 12.7 Å². The van der Waals surface area contributed by atoms with E-state index in [1.807, 2.05) is 0 Å². The van der Waals surface area contributed by atoms with Crippen LogP contribution in [0.1, 0.15) is 29.2 Å². The Bertz CT molecular complexity index is 920. The number of hydrogen-bond donors (Lipinski definition) is 1. The lowest BCUT2D eigenvalue weighted by Crippen LogP contribution is -2.16. The molecular formula is C22H21NO2S. The molecule has 0 amide bonds. The normalized spacial score (nSPS) is 18.5. The van der Waals surface area contributed by atoms with Crippen molar-refractivity contribution in [3.63, 3.8) is 0 Å². The first-order valence-corrected chi connectivity index (χ1v) is 10.1. The lowest BCUT2D eigenvalue weighted by Gasteiger charge is -2.20.